The molecule has 0 saturated heterocycles. The Morgan fingerprint density at radius 3 is 2.55 bits per heavy atom. The first-order valence-corrected chi connectivity index (χ1v) is 10.1. The summed E-state index contributed by atoms with van der Waals surface area (Å²) in [6, 6.07) is 14.3. The van der Waals surface area contributed by atoms with Crippen LogP contribution in [0.15, 0.2) is 58.0 Å². The molecule has 1 amide bonds. The van der Waals surface area contributed by atoms with Crippen LogP contribution in [0.4, 0.5) is 5.69 Å². The van der Waals surface area contributed by atoms with Crippen molar-refractivity contribution in [2.24, 2.45) is 12.0 Å². The van der Waals surface area contributed by atoms with Crippen molar-refractivity contribution in [2.75, 3.05) is 5.32 Å². The molecule has 6 nitrogen and oxygen atoms in total. The van der Waals surface area contributed by atoms with Crippen molar-refractivity contribution < 1.29 is 4.79 Å². The van der Waals surface area contributed by atoms with E-state index in [-0.39, 0.29) is 5.91 Å². The molecular weight excluding hydrogens is 454 g/mol. The Kier molecular flexibility index (Phi) is 6.71. The molecule has 150 valence electrons. The third-order valence-corrected chi connectivity index (χ3v) is 5.23. The number of hydrogen-bond donors (Lipinski definition) is 2. The smallest absolute Gasteiger partial charge is 0.257 e. The van der Waals surface area contributed by atoms with Crippen LogP contribution >= 0.6 is 27.5 Å². The summed E-state index contributed by atoms with van der Waals surface area (Å²) in [5.74, 6) is 0.0771. The third-order valence-electron chi connectivity index (χ3n) is 4.48. The maximum absolute atomic E-state index is 12.7. The lowest BCUT2D eigenvalue weighted by Gasteiger charge is -2.12. The summed E-state index contributed by atoms with van der Waals surface area (Å²) in [5.41, 5.74) is 4.28. The minimum atomic E-state index is -0.275. The lowest BCUT2D eigenvalue weighted by atomic mass is 10.2. The van der Waals surface area contributed by atoms with Gasteiger partial charge in [0, 0.05) is 39.1 Å². The van der Waals surface area contributed by atoms with Gasteiger partial charge in [-0.15, -0.1) is 0 Å². The quantitative estimate of drug-likeness (QED) is 0.419. The minimum absolute atomic E-state index is 0.275. The van der Waals surface area contributed by atoms with Crippen molar-refractivity contribution in [3.8, 4) is 0 Å². The maximum atomic E-state index is 12.7. The molecule has 1 aromatic heterocycles. The summed E-state index contributed by atoms with van der Waals surface area (Å²) >= 11 is 9.37. The Labute approximate surface area is 183 Å². The highest BCUT2D eigenvalue weighted by molar-refractivity contribution is 9.10. The monoisotopic (exact) mass is 473 g/mol. The number of nitrogens with one attached hydrogen (secondary N) is 2. The molecule has 0 atom stereocenters. The topological polar surface area (TPSA) is 71.3 Å². The van der Waals surface area contributed by atoms with Crippen molar-refractivity contribution in [3.63, 3.8) is 0 Å². The van der Waals surface area contributed by atoms with Gasteiger partial charge in [0.05, 0.1) is 12.2 Å². The van der Waals surface area contributed by atoms with Crippen LogP contribution in [0.25, 0.3) is 0 Å². The Hall–Kier alpha value is -2.64. The van der Waals surface area contributed by atoms with E-state index < -0.39 is 0 Å². The van der Waals surface area contributed by atoms with Gasteiger partial charge in [0.15, 0.2) is 0 Å². The first-order valence-electron chi connectivity index (χ1n) is 8.96. The van der Waals surface area contributed by atoms with Gasteiger partial charge in [-0.2, -0.15) is 5.10 Å². The molecule has 3 aromatic rings. The van der Waals surface area contributed by atoms with Gasteiger partial charge >= 0.3 is 0 Å². The molecule has 0 radical (unpaired) electrons. The minimum Gasteiger partial charge on any atom is -0.326 e. The molecule has 1 heterocycles. The number of amides is 1. The Balaban J connectivity index is 1.86. The van der Waals surface area contributed by atoms with E-state index in [4.69, 9.17) is 11.6 Å². The van der Waals surface area contributed by atoms with Gasteiger partial charge in [0.1, 0.15) is 0 Å². The van der Waals surface area contributed by atoms with Crippen LogP contribution in [-0.2, 0) is 13.6 Å². The number of carbonyl (C=O) groups is 1. The molecule has 0 aliphatic heterocycles. The van der Waals surface area contributed by atoms with Crippen molar-refractivity contribution in [1.82, 2.24) is 15.1 Å². The summed E-state index contributed by atoms with van der Waals surface area (Å²) < 4.78 is 2.75. The van der Waals surface area contributed by atoms with Crippen molar-refractivity contribution in [2.45, 2.75) is 20.4 Å². The molecule has 2 aromatic carbocycles. The normalized spacial score (nSPS) is 11.4. The standard InChI is InChI=1S/C21H21BrClN5O/c1-13-19(14(2)28(3)27-13)12-24-21(25-18-6-4-5-16(22)11-18)26-20(29)15-7-9-17(23)10-8-15/h4-11H,12H2,1-3H3,(H2,24,25,26,29). The van der Waals surface area contributed by atoms with Gasteiger partial charge in [-0.1, -0.05) is 33.6 Å². The van der Waals surface area contributed by atoms with Crippen molar-refractivity contribution >= 4 is 45.1 Å². The number of anilines is 1. The molecule has 3 rings (SSSR count). The van der Waals surface area contributed by atoms with Crippen LogP contribution < -0.4 is 10.6 Å². The van der Waals surface area contributed by atoms with E-state index >= 15 is 0 Å². The van der Waals surface area contributed by atoms with Crippen molar-refractivity contribution in [3.05, 3.63) is 80.5 Å². The molecule has 0 aliphatic rings. The molecular formula is C21H21BrClN5O. The van der Waals surface area contributed by atoms with E-state index in [9.17, 15) is 4.79 Å². The summed E-state index contributed by atoms with van der Waals surface area (Å²) in [4.78, 5) is 17.3. The molecule has 0 bridgehead atoms. The lowest BCUT2D eigenvalue weighted by Crippen LogP contribution is -2.36. The average molecular weight is 475 g/mol. The second-order valence-corrected chi connectivity index (χ2v) is 7.89. The Morgan fingerprint density at radius 1 is 1.21 bits per heavy atom. The lowest BCUT2D eigenvalue weighted by molar-refractivity contribution is 0.0977. The zero-order chi connectivity index (χ0) is 21.0. The summed E-state index contributed by atoms with van der Waals surface area (Å²) in [7, 11) is 1.90. The zero-order valence-corrected chi connectivity index (χ0v) is 18.7. The molecule has 0 fully saturated rings. The Morgan fingerprint density at radius 2 is 1.93 bits per heavy atom. The van der Waals surface area contributed by atoms with Gasteiger partial charge in [-0.05, 0) is 56.3 Å². The van der Waals surface area contributed by atoms with Crippen LogP contribution in [-0.4, -0.2) is 21.6 Å². The number of aryl methyl sites for hydroxylation is 2. The predicted octanol–water partition coefficient (Wildman–Crippen LogP) is 4.85. The number of aromatic nitrogens is 2. The number of carbonyl (C=O) groups excluding carboxylic acids is 1. The summed E-state index contributed by atoms with van der Waals surface area (Å²) in [6.07, 6.45) is 0. The zero-order valence-electron chi connectivity index (χ0n) is 16.3. The van der Waals surface area contributed by atoms with Gasteiger partial charge < -0.3 is 5.32 Å². The van der Waals surface area contributed by atoms with Gasteiger partial charge in [-0.25, -0.2) is 4.99 Å². The summed E-state index contributed by atoms with van der Waals surface area (Å²) in [5, 5.41) is 11.0. The maximum Gasteiger partial charge on any atom is 0.257 e. The summed E-state index contributed by atoms with van der Waals surface area (Å²) in [6.45, 7) is 4.34. The third kappa shape index (κ3) is 5.46. The highest BCUT2D eigenvalue weighted by Gasteiger charge is 2.12. The van der Waals surface area contributed by atoms with E-state index in [1.807, 2.05) is 49.8 Å². The fourth-order valence-corrected chi connectivity index (χ4v) is 3.32. The molecule has 0 spiro atoms. The second-order valence-electron chi connectivity index (χ2n) is 6.53. The van der Waals surface area contributed by atoms with E-state index in [0.717, 1.165) is 27.1 Å². The first-order chi connectivity index (χ1) is 13.8. The highest BCUT2D eigenvalue weighted by atomic mass is 79.9. The Bertz CT molecular complexity index is 1060. The fourth-order valence-electron chi connectivity index (χ4n) is 2.80. The van der Waals surface area contributed by atoms with Crippen LogP contribution in [0, 0.1) is 13.8 Å². The fraction of sp³-hybridized carbons (Fsp3) is 0.190. The number of hydrogen-bond acceptors (Lipinski definition) is 3. The van der Waals surface area contributed by atoms with Crippen LogP contribution in [0.2, 0.25) is 5.02 Å². The largest absolute Gasteiger partial charge is 0.326 e. The van der Waals surface area contributed by atoms with Gasteiger partial charge in [0.25, 0.3) is 5.91 Å². The highest BCUT2D eigenvalue weighted by Crippen LogP contribution is 2.17. The number of guanidine groups is 1. The van der Waals surface area contributed by atoms with E-state index in [1.165, 1.54) is 0 Å². The predicted molar refractivity (Wildman–Crippen MR) is 121 cm³/mol. The number of halogens is 2. The number of benzene rings is 2. The molecule has 0 aliphatic carbocycles. The van der Waals surface area contributed by atoms with Gasteiger partial charge in [-0.3, -0.25) is 14.8 Å². The van der Waals surface area contributed by atoms with E-state index in [2.05, 4.69) is 36.7 Å². The van der Waals surface area contributed by atoms with E-state index in [1.54, 1.807) is 24.3 Å². The number of rotatable bonds is 4. The molecule has 0 unspecified atom stereocenters. The SMILES string of the molecule is Cc1nn(C)c(C)c1CN=C(NC(=O)c1ccc(Cl)cc1)Nc1cccc(Br)c1. The number of aliphatic imine (C=N–C) groups is 1. The van der Waals surface area contributed by atoms with Crippen LogP contribution in [0.3, 0.4) is 0 Å². The van der Waals surface area contributed by atoms with Gasteiger partial charge in [0.2, 0.25) is 5.96 Å². The second kappa shape index (κ2) is 9.24. The molecule has 2 N–H and O–H groups in total. The average Bonchev–Trinajstić information content (AvgIpc) is 2.92. The molecule has 29 heavy (non-hydrogen) atoms. The first kappa shape index (κ1) is 21.1. The van der Waals surface area contributed by atoms with Crippen LogP contribution in [0.5, 0.6) is 0 Å². The molecule has 8 heteroatoms. The van der Waals surface area contributed by atoms with Crippen LogP contribution in [0.1, 0.15) is 27.3 Å². The molecule has 0 saturated carbocycles. The number of nitrogens with zero attached hydrogens (tertiary/aromatic N) is 3. The van der Waals surface area contributed by atoms with E-state index in [0.29, 0.717) is 23.1 Å². The van der Waals surface area contributed by atoms with Crippen molar-refractivity contribution in [1.29, 1.82) is 0 Å².